The van der Waals surface area contributed by atoms with Crippen LogP contribution in [0.2, 0.25) is 0 Å². The highest BCUT2D eigenvalue weighted by atomic mass is 32.2. The van der Waals surface area contributed by atoms with E-state index in [4.69, 9.17) is 4.42 Å². The molecule has 0 saturated carbocycles. The lowest BCUT2D eigenvalue weighted by molar-refractivity contribution is 0.109. The van der Waals surface area contributed by atoms with E-state index in [1.807, 2.05) is 11.8 Å². The van der Waals surface area contributed by atoms with Crippen LogP contribution >= 0.6 is 11.8 Å². The van der Waals surface area contributed by atoms with Crippen molar-refractivity contribution in [1.82, 2.24) is 4.98 Å². The van der Waals surface area contributed by atoms with Crippen LogP contribution in [0.4, 0.5) is 0 Å². The number of carbonyl (C=O) groups excluding carboxylic acids is 1. The zero-order valence-corrected chi connectivity index (χ0v) is 8.76. The number of thioether (sulfide) groups is 1. The Morgan fingerprint density at radius 1 is 1.57 bits per heavy atom. The predicted octanol–water partition coefficient (Wildman–Crippen LogP) is 2.17. The summed E-state index contributed by atoms with van der Waals surface area (Å²) in [5.41, 5.74) is 0. The van der Waals surface area contributed by atoms with Gasteiger partial charge in [0.2, 0.25) is 0 Å². The Bertz CT molecular complexity index is 305. The molecule has 0 bridgehead atoms. The van der Waals surface area contributed by atoms with Crippen LogP contribution in [0.25, 0.3) is 0 Å². The maximum absolute atomic E-state index is 10.4. The number of nitrogens with zero attached hydrogens (tertiary/aromatic N) is 1. The van der Waals surface area contributed by atoms with Crippen LogP contribution in [-0.4, -0.2) is 22.8 Å². The number of oxazole rings is 1. The van der Waals surface area contributed by atoms with Crippen LogP contribution in [0.5, 0.6) is 0 Å². The second kappa shape index (κ2) is 4.64. The molecule has 0 spiro atoms. The molecule has 0 N–H and O–H groups in total. The number of carbonyl (C=O) groups is 1. The molecule has 0 atom stereocenters. The number of hydrogen-bond acceptors (Lipinski definition) is 4. The summed E-state index contributed by atoms with van der Waals surface area (Å²) in [6, 6.07) is 0. The van der Waals surface area contributed by atoms with Gasteiger partial charge in [0.25, 0.3) is 0 Å². The van der Waals surface area contributed by atoms with E-state index < -0.39 is 0 Å². The summed E-state index contributed by atoms with van der Waals surface area (Å²) >= 11 is 2.01. The van der Waals surface area contributed by atoms with E-state index in [1.54, 1.807) is 0 Å². The van der Waals surface area contributed by atoms with E-state index in [2.05, 4.69) is 4.98 Å². The molecule has 0 radical (unpaired) electrons. The topological polar surface area (TPSA) is 43.1 Å². The van der Waals surface area contributed by atoms with Crippen LogP contribution in [0, 0.1) is 5.92 Å². The van der Waals surface area contributed by atoms with Gasteiger partial charge in [-0.25, -0.2) is 4.98 Å². The van der Waals surface area contributed by atoms with Crippen molar-refractivity contribution in [3.8, 4) is 0 Å². The molecule has 1 aromatic rings. The minimum absolute atomic E-state index is 0.338. The van der Waals surface area contributed by atoms with E-state index in [1.165, 1.54) is 30.5 Å². The van der Waals surface area contributed by atoms with Gasteiger partial charge in [0.05, 0.1) is 6.20 Å². The molecular weight excluding hydrogens is 198 g/mol. The van der Waals surface area contributed by atoms with E-state index in [0.29, 0.717) is 23.9 Å². The fraction of sp³-hybridized carbons (Fsp3) is 0.600. The molecule has 1 aliphatic rings. The van der Waals surface area contributed by atoms with Crippen LogP contribution in [0.3, 0.4) is 0 Å². The smallest absolute Gasteiger partial charge is 0.195 e. The second-order valence-corrected chi connectivity index (χ2v) is 4.76. The number of aromatic nitrogens is 1. The van der Waals surface area contributed by atoms with Crippen LogP contribution < -0.4 is 0 Å². The minimum Gasteiger partial charge on any atom is -0.438 e. The largest absolute Gasteiger partial charge is 0.438 e. The Balaban J connectivity index is 1.92. The lowest BCUT2D eigenvalue weighted by Gasteiger charge is -2.19. The average Bonchev–Trinajstić information content (AvgIpc) is 2.67. The first-order valence-corrected chi connectivity index (χ1v) is 6.01. The summed E-state index contributed by atoms with van der Waals surface area (Å²) < 4.78 is 5.25. The molecule has 0 unspecified atom stereocenters. The zero-order valence-electron chi connectivity index (χ0n) is 7.94. The average molecular weight is 211 g/mol. The molecule has 76 valence electrons. The third kappa shape index (κ3) is 2.38. The van der Waals surface area contributed by atoms with E-state index in [9.17, 15) is 4.79 Å². The van der Waals surface area contributed by atoms with Crippen LogP contribution in [0.1, 0.15) is 29.3 Å². The maximum atomic E-state index is 10.4. The quantitative estimate of drug-likeness (QED) is 0.719. The summed E-state index contributed by atoms with van der Waals surface area (Å²) in [5.74, 6) is 4.22. The van der Waals surface area contributed by atoms with E-state index >= 15 is 0 Å². The van der Waals surface area contributed by atoms with Gasteiger partial charge in [-0.2, -0.15) is 11.8 Å². The first-order valence-electron chi connectivity index (χ1n) is 4.86. The van der Waals surface area contributed by atoms with E-state index in [-0.39, 0.29) is 0 Å². The number of aldehydes is 1. The van der Waals surface area contributed by atoms with Crippen molar-refractivity contribution >= 4 is 18.0 Å². The van der Waals surface area contributed by atoms with Crippen molar-refractivity contribution in [1.29, 1.82) is 0 Å². The molecule has 2 rings (SSSR count). The summed E-state index contributed by atoms with van der Waals surface area (Å²) in [6.45, 7) is 0. The highest BCUT2D eigenvalue weighted by Crippen LogP contribution is 2.25. The molecule has 0 aliphatic carbocycles. The van der Waals surface area contributed by atoms with Crippen LogP contribution in [-0.2, 0) is 6.42 Å². The van der Waals surface area contributed by atoms with Crippen molar-refractivity contribution in [3.05, 3.63) is 17.8 Å². The molecule has 0 amide bonds. The Kier molecular flexibility index (Phi) is 3.24. The molecule has 0 aromatic carbocycles. The molecule has 1 saturated heterocycles. The lowest BCUT2D eigenvalue weighted by atomic mass is 9.99. The van der Waals surface area contributed by atoms with Gasteiger partial charge in [-0.05, 0) is 30.3 Å². The number of rotatable bonds is 3. The van der Waals surface area contributed by atoms with Crippen molar-refractivity contribution in [2.75, 3.05) is 11.5 Å². The summed E-state index contributed by atoms with van der Waals surface area (Å²) in [5, 5.41) is 0. The van der Waals surface area contributed by atoms with Crippen molar-refractivity contribution < 1.29 is 9.21 Å². The maximum Gasteiger partial charge on any atom is 0.195 e. The van der Waals surface area contributed by atoms with Crippen molar-refractivity contribution in [2.24, 2.45) is 5.92 Å². The molecular formula is C10H13NO2S. The third-order valence-electron chi connectivity index (χ3n) is 2.49. The van der Waals surface area contributed by atoms with Gasteiger partial charge in [0.1, 0.15) is 0 Å². The molecule has 14 heavy (non-hydrogen) atoms. The molecule has 1 aliphatic heterocycles. The summed E-state index contributed by atoms with van der Waals surface area (Å²) in [7, 11) is 0. The van der Waals surface area contributed by atoms with Gasteiger partial charge >= 0.3 is 0 Å². The van der Waals surface area contributed by atoms with Gasteiger partial charge in [-0.3, -0.25) is 4.79 Å². The van der Waals surface area contributed by atoms with Gasteiger partial charge in [0.15, 0.2) is 17.9 Å². The van der Waals surface area contributed by atoms with Gasteiger partial charge in [-0.15, -0.1) is 0 Å². The lowest BCUT2D eigenvalue weighted by Crippen LogP contribution is -2.12. The fourth-order valence-electron chi connectivity index (χ4n) is 1.67. The first kappa shape index (κ1) is 9.77. The normalized spacial score (nSPS) is 18.3. The summed E-state index contributed by atoms with van der Waals surface area (Å²) in [4.78, 5) is 14.5. The molecule has 1 aromatic heterocycles. The number of hydrogen-bond donors (Lipinski definition) is 0. The Hall–Kier alpha value is -0.770. The predicted molar refractivity (Wildman–Crippen MR) is 55.6 cm³/mol. The highest BCUT2D eigenvalue weighted by molar-refractivity contribution is 7.99. The fourth-order valence-corrected chi connectivity index (χ4v) is 2.87. The zero-order chi connectivity index (χ0) is 9.80. The molecule has 1 fully saturated rings. The third-order valence-corrected chi connectivity index (χ3v) is 3.54. The monoisotopic (exact) mass is 211 g/mol. The summed E-state index contributed by atoms with van der Waals surface area (Å²) in [6.07, 6.45) is 5.56. The van der Waals surface area contributed by atoms with Gasteiger partial charge < -0.3 is 4.42 Å². The first-order chi connectivity index (χ1) is 6.88. The molecule has 3 nitrogen and oxygen atoms in total. The van der Waals surface area contributed by atoms with Gasteiger partial charge in [0, 0.05) is 6.42 Å². The van der Waals surface area contributed by atoms with E-state index in [0.717, 1.165) is 6.42 Å². The molecule has 4 heteroatoms. The minimum atomic E-state index is 0.338. The SMILES string of the molecule is O=Cc1cnc(CC2CCSCC2)o1. The highest BCUT2D eigenvalue weighted by Gasteiger charge is 2.16. The standard InChI is InChI=1S/C10H13NO2S/c12-7-9-6-11-10(13-9)5-8-1-3-14-4-2-8/h6-8H,1-5H2. The Morgan fingerprint density at radius 2 is 2.36 bits per heavy atom. The van der Waals surface area contributed by atoms with Crippen molar-refractivity contribution in [3.63, 3.8) is 0 Å². The second-order valence-electron chi connectivity index (χ2n) is 3.53. The molecule has 2 heterocycles. The Labute approximate surface area is 87.3 Å². The van der Waals surface area contributed by atoms with Crippen molar-refractivity contribution in [2.45, 2.75) is 19.3 Å². The Morgan fingerprint density at radius 3 is 3.00 bits per heavy atom. The van der Waals surface area contributed by atoms with Gasteiger partial charge in [-0.1, -0.05) is 0 Å². The van der Waals surface area contributed by atoms with Crippen LogP contribution in [0.15, 0.2) is 10.6 Å².